The lowest BCUT2D eigenvalue weighted by molar-refractivity contribution is -0.0952. The molecule has 2 aliphatic rings. The number of morpholine rings is 1. The van der Waals surface area contributed by atoms with Gasteiger partial charge in [0, 0.05) is 56.9 Å². The first-order chi connectivity index (χ1) is 22.5. The van der Waals surface area contributed by atoms with Gasteiger partial charge in [-0.2, -0.15) is 4.99 Å². The van der Waals surface area contributed by atoms with Gasteiger partial charge in [0.2, 0.25) is 11.6 Å². The molecular formula is C33H39FN8O5. The summed E-state index contributed by atoms with van der Waals surface area (Å²) in [6.45, 7) is 8.97. The number of aromatic nitrogens is 4. The number of anilines is 2. The van der Waals surface area contributed by atoms with Crippen molar-refractivity contribution < 1.29 is 28.5 Å². The molecule has 4 heterocycles. The molecule has 2 aromatic carbocycles. The maximum Gasteiger partial charge on any atom is 0.283 e. The third kappa shape index (κ3) is 7.67. The highest BCUT2D eigenvalue weighted by atomic mass is 19.1. The number of ether oxygens (including phenoxy) is 3. The van der Waals surface area contributed by atoms with Crippen LogP contribution in [0.2, 0.25) is 0 Å². The van der Waals surface area contributed by atoms with Gasteiger partial charge in [-0.25, -0.2) is 19.3 Å². The minimum Gasteiger partial charge on any atom is -0.487 e. The fourth-order valence-electron chi connectivity index (χ4n) is 5.99. The molecule has 6 rings (SSSR count). The van der Waals surface area contributed by atoms with Crippen molar-refractivity contribution in [2.75, 3.05) is 50.4 Å². The van der Waals surface area contributed by atoms with Crippen molar-refractivity contribution in [3.63, 3.8) is 0 Å². The summed E-state index contributed by atoms with van der Waals surface area (Å²) in [5.41, 5.74) is 6.06. The van der Waals surface area contributed by atoms with Crippen LogP contribution in [-0.2, 0) is 17.7 Å². The first-order valence-electron chi connectivity index (χ1n) is 15.6. The summed E-state index contributed by atoms with van der Waals surface area (Å²) in [6, 6.07) is 9.89. The van der Waals surface area contributed by atoms with Crippen LogP contribution >= 0.6 is 0 Å². The molecule has 0 saturated carbocycles. The first-order valence-corrected chi connectivity index (χ1v) is 15.6. The van der Waals surface area contributed by atoms with E-state index >= 15 is 0 Å². The van der Waals surface area contributed by atoms with Crippen molar-refractivity contribution in [1.82, 2.24) is 24.4 Å². The normalized spacial score (nSPS) is 19.6. The highest BCUT2D eigenvalue weighted by molar-refractivity contribution is 5.96. The van der Waals surface area contributed by atoms with Crippen LogP contribution in [0.15, 0.2) is 53.8 Å². The number of nitrogens with two attached hydrogens (primary N) is 1. The van der Waals surface area contributed by atoms with Gasteiger partial charge >= 0.3 is 0 Å². The first kappa shape index (κ1) is 32.3. The average Bonchev–Trinajstić information content (AvgIpc) is 3.52. The summed E-state index contributed by atoms with van der Waals surface area (Å²) in [6.07, 6.45) is 3.26. The van der Waals surface area contributed by atoms with Gasteiger partial charge in [-0.15, -0.1) is 0 Å². The van der Waals surface area contributed by atoms with Gasteiger partial charge in [-0.05, 0) is 50.6 Å². The highest BCUT2D eigenvalue weighted by Gasteiger charge is 2.31. The number of hydrogen-bond donors (Lipinski definition) is 3. The Hall–Kier alpha value is -4.66. The van der Waals surface area contributed by atoms with Gasteiger partial charge in [0.1, 0.15) is 29.4 Å². The zero-order valence-electron chi connectivity index (χ0n) is 26.6. The van der Waals surface area contributed by atoms with E-state index in [1.807, 2.05) is 24.5 Å². The number of aliphatic hydroxyl groups is 1. The van der Waals surface area contributed by atoms with Crippen LogP contribution < -0.4 is 26.1 Å². The number of benzene rings is 2. The molecule has 0 bridgehead atoms. The van der Waals surface area contributed by atoms with Crippen molar-refractivity contribution in [3.05, 3.63) is 71.4 Å². The Labute approximate surface area is 271 Å². The predicted molar refractivity (Wildman–Crippen MR) is 173 cm³/mol. The van der Waals surface area contributed by atoms with E-state index in [2.05, 4.69) is 25.2 Å². The van der Waals surface area contributed by atoms with E-state index in [0.717, 1.165) is 16.8 Å². The summed E-state index contributed by atoms with van der Waals surface area (Å²) in [5.74, 6) is 0.603. The van der Waals surface area contributed by atoms with Gasteiger partial charge in [0.25, 0.3) is 5.91 Å². The van der Waals surface area contributed by atoms with Gasteiger partial charge in [-0.1, -0.05) is 12.1 Å². The Morgan fingerprint density at radius 2 is 1.87 bits per heavy atom. The number of nitrogens with one attached hydrogen (secondary N) is 1. The molecule has 0 radical (unpaired) electrons. The van der Waals surface area contributed by atoms with Crippen molar-refractivity contribution in [2.45, 2.75) is 51.5 Å². The Kier molecular flexibility index (Phi) is 9.34. The molecule has 3 atom stereocenters. The molecule has 2 aliphatic heterocycles. The number of rotatable bonds is 10. The molecule has 14 heteroatoms. The average molecular weight is 647 g/mol. The summed E-state index contributed by atoms with van der Waals surface area (Å²) in [4.78, 5) is 32.2. The molecule has 4 N–H and O–H groups in total. The summed E-state index contributed by atoms with van der Waals surface area (Å²) in [5, 5.41) is 15.5. The van der Waals surface area contributed by atoms with E-state index in [0.29, 0.717) is 56.2 Å². The zero-order valence-corrected chi connectivity index (χ0v) is 26.6. The fourth-order valence-corrected chi connectivity index (χ4v) is 5.99. The van der Waals surface area contributed by atoms with Crippen molar-refractivity contribution in [1.29, 1.82) is 0 Å². The molecule has 0 spiro atoms. The lowest BCUT2D eigenvalue weighted by Gasteiger charge is -2.38. The lowest BCUT2D eigenvalue weighted by atomic mass is 10.1. The number of carbonyl (C=O) groups excluding carboxylic acids is 1. The third-order valence-corrected chi connectivity index (χ3v) is 7.97. The van der Waals surface area contributed by atoms with Crippen LogP contribution in [0.25, 0.3) is 10.9 Å². The van der Waals surface area contributed by atoms with E-state index in [-0.39, 0.29) is 48.4 Å². The molecule has 4 aromatic rings. The fraction of sp³-hybridized carbons (Fsp3) is 0.424. The molecule has 1 fully saturated rings. The van der Waals surface area contributed by atoms with E-state index in [4.69, 9.17) is 24.9 Å². The third-order valence-electron chi connectivity index (χ3n) is 7.97. The second-order valence-corrected chi connectivity index (χ2v) is 12.3. The zero-order chi connectivity index (χ0) is 33.1. The van der Waals surface area contributed by atoms with Crippen LogP contribution in [0.3, 0.4) is 0 Å². The number of halogens is 1. The lowest BCUT2D eigenvalue weighted by Crippen LogP contribution is -2.52. The maximum absolute atomic E-state index is 13.5. The van der Waals surface area contributed by atoms with Gasteiger partial charge in [0.05, 0.1) is 24.4 Å². The SMILES string of the molecule is CC1CN(CC(C)(O)COc2ccc3c4n(c(=NC(=O)c5cnc(N)nc5)nc3c2OCCc2ccc(F)cc2)CCN4)CC(C)O1. The minimum atomic E-state index is -1.19. The Balaban J connectivity index is 1.34. The molecule has 2 aromatic heterocycles. The van der Waals surface area contributed by atoms with Crippen molar-refractivity contribution in [2.24, 2.45) is 4.99 Å². The Bertz CT molecular complexity index is 1800. The maximum atomic E-state index is 13.5. The van der Waals surface area contributed by atoms with E-state index in [1.165, 1.54) is 24.5 Å². The standard InChI is InChI=1S/C33H39FN8O5/c1-20-16-41(17-21(2)47-20)18-33(3,44)19-46-26-9-8-25-27(28(26)45-13-10-22-4-6-24(34)7-5-22)39-32(42-12-11-36-29(25)42)40-30(43)23-14-37-31(35)38-15-23/h4-9,14-15,20-21,36,44H,10-13,16-19H2,1-3H3,(H2,35,37,38). The molecule has 47 heavy (non-hydrogen) atoms. The summed E-state index contributed by atoms with van der Waals surface area (Å²) in [7, 11) is 0. The van der Waals surface area contributed by atoms with Crippen LogP contribution in [0.4, 0.5) is 16.2 Å². The van der Waals surface area contributed by atoms with Gasteiger partial charge in [-0.3, -0.25) is 14.3 Å². The number of hydrogen-bond acceptors (Lipinski definition) is 11. The number of amides is 1. The van der Waals surface area contributed by atoms with Crippen molar-refractivity contribution >= 4 is 28.6 Å². The van der Waals surface area contributed by atoms with Gasteiger partial charge in [0.15, 0.2) is 11.5 Å². The summed E-state index contributed by atoms with van der Waals surface area (Å²) < 4.78 is 33.8. The number of nitrogen functional groups attached to an aromatic ring is 1. The molecule has 13 nitrogen and oxygen atoms in total. The summed E-state index contributed by atoms with van der Waals surface area (Å²) >= 11 is 0. The second-order valence-electron chi connectivity index (χ2n) is 12.3. The van der Waals surface area contributed by atoms with Gasteiger partial charge < -0.3 is 30.4 Å². The molecular weight excluding hydrogens is 607 g/mol. The Morgan fingerprint density at radius 3 is 2.60 bits per heavy atom. The number of nitrogens with zero attached hydrogens (tertiary/aromatic N) is 6. The highest BCUT2D eigenvalue weighted by Crippen LogP contribution is 2.38. The Morgan fingerprint density at radius 1 is 1.15 bits per heavy atom. The molecule has 248 valence electrons. The monoisotopic (exact) mass is 646 g/mol. The van der Waals surface area contributed by atoms with Crippen LogP contribution in [-0.4, -0.2) is 92.6 Å². The predicted octanol–water partition coefficient (Wildman–Crippen LogP) is 2.57. The van der Waals surface area contributed by atoms with E-state index in [1.54, 1.807) is 25.1 Å². The van der Waals surface area contributed by atoms with Crippen molar-refractivity contribution in [3.8, 4) is 11.5 Å². The topological polar surface area (TPSA) is 162 Å². The smallest absolute Gasteiger partial charge is 0.283 e. The number of carbonyl (C=O) groups is 1. The van der Waals surface area contributed by atoms with Crippen LogP contribution in [0.1, 0.15) is 36.7 Å². The molecule has 3 unspecified atom stereocenters. The minimum absolute atomic E-state index is 0.0161. The van der Waals surface area contributed by atoms with Crippen LogP contribution in [0.5, 0.6) is 11.5 Å². The van der Waals surface area contributed by atoms with E-state index < -0.39 is 11.5 Å². The van der Waals surface area contributed by atoms with Crippen LogP contribution in [0, 0.1) is 5.82 Å². The number of fused-ring (bicyclic) bond motifs is 3. The molecule has 1 amide bonds. The van der Waals surface area contributed by atoms with E-state index in [9.17, 15) is 14.3 Å². The second kappa shape index (κ2) is 13.6. The molecule has 1 saturated heterocycles. The quantitative estimate of drug-likeness (QED) is 0.232. The largest absolute Gasteiger partial charge is 0.487 e. The number of β-amino-alcohol motifs (C(OH)–C–C–N with tert-alkyl or cyclic N) is 1. The molecule has 0 aliphatic carbocycles.